The molecule has 2 aromatic rings. The Morgan fingerprint density at radius 2 is 1.15 bits per heavy atom. The monoisotopic (exact) mass is 580 g/mol. The molecule has 0 aliphatic heterocycles. The molecule has 40 heavy (non-hydrogen) atoms. The van der Waals surface area contributed by atoms with Gasteiger partial charge in [-0.3, -0.25) is 9.78 Å². The highest BCUT2D eigenvalue weighted by atomic mass is 28.3. The van der Waals surface area contributed by atoms with Gasteiger partial charge < -0.3 is 0 Å². The van der Waals surface area contributed by atoms with E-state index in [0.29, 0.717) is 23.0 Å². The van der Waals surface area contributed by atoms with Crippen LogP contribution in [0, 0.1) is 11.8 Å². The first-order chi connectivity index (χ1) is 18.9. The smallest absolute Gasteiger partial charge is 0.293 e. The van der Waals surface area contributed by atoms with Crippen LogP contribution < -0.4 is 10.4 Å². The minimum absolute atomic E-state index is 0.0568. The third-order valence-electron chi connectivity index (χ3n) is 8.25. The fourth-order valence-electron chi connectivity index (χ4n) is 5.50. The predicted molar refractivity (Wildman–Crippen MR) is 163 cm³/mol. The third-order valence-corrected chi connectivity index (χ3v) is 12.4. The van der Waals surface area contributed by atoms with E-state index >= 15 is 0 Å². The molecule has 0 radical (unpaired) electrons. The summed E-state index contributed by atoms with van der Waals surface area (Å²) in [7, 11) is -2.81. The normalized spacial score (nSPS) is 21.8. The molecule has 2 aromatic carbocycles. The van der Waals surface area contributed by atoms with E-state index in [1.54, 1.807) is 0 Å². The number of carbonyl (C=O) groups excluding carboxylic acids is 2. The Labute approximate surface area is 240 Å². The average molecular weight is 581 g/mol. The van der Waals surface area contributed by atoms with E-state index in [0.717, 1.165) is 50.7 Å². The predicted octanol–water partition coefficient (Wildman–Crippen LogP) is 6.90. The summed E-state index contributed by atoms with van der Waals surface area (Å²) in [4.78, 5) is 46.1. The maximum atomic E-state index is 12.4. The van der Waals surface area contributed by atoms with Gasteiger partial charge in [-0.25, -0.2) is 14.5 Å². The first-order valence-corrected chi connectivity index (χ1v) is 21.6. The second-order valence-electron chi connectivity index (χ2n) is 13.3. The van der Waals surface area contributed by atoms with E-state index in [9.17, 15) is 9.59 Å². The first kappa shape index (κ1) is 30.3. The Morgan fingerprint density at radius 1 is 0.650 bits per heavy atom. The van der Waals surface area contributed by atoms with Gasteiger partial charge in [-0.1, -0.05) is 73.9 Å². The fraction of sp³-hybridized carbons (Fsp3) is 0.500. The van der Waals surface area contributed by atoms with Gasteiger partial charge in [-0.15, -0.1) is 0 Å². The molecule has 0 bridgehead atoms. The summed E-state index contributed by atoms with van der Waals surface area (Å²) in [6, 6.07) is 15.4. The van der Waals surface area contributed by atoms with Crippen molar-refractivity contribution in [2.45, 2.75) is 90.3 Å². The molecule has 8 heteroatoms. The van der Waals surface area contributed by atoms with E-state index in [4.69, 9.17) is 19.6 Å². The van der Waals surface area contributed by atoms with Crippen molar-refractivity contribution in [2.75, 3.05) is 0 Å². The number of carbonyl (C=O) groups is 2. The number of rotatable bonds is 9. The van der Waals surface area contributed by atoms with Gasteiger partial charge in [-0.05, 0) is 80.7 Å². The van der Waals surface area contributed by atoms with Crippen LogP contribution in [0.4, 0.5) is 0 Å². The zero-order valence-corrected chi connectivity index (χ0v) is 26.8. The molecule has 0 N–H and O–H groups in total. The summed E-state index contributed by atoms with van der Waals surface area (Å²) in [5, 5.41) is 2.61. The topological polar surface area (TPSA) is 71.1 Å². The maximum absolute atomic E-state index is 12.4. The lowest BCUT2D eigenvalue weighted by Gasteiger charge is -2.34. The van der Waals surface area contributed by atoms with Crippen molar-refractivity contribution in [1.29, 1.82) is 0 Å². The van der Waals surface area contributed by atoms with Crippen LogP contribution in [-0.2, 0) is 19.6 Å². The van der Waals surface area contributed by atoms with E-state index in [1.807, 2.05) is 48.5 Å². The summed E-state index contributed by atoms with van der Waals surface area (Å²) in [6.45, 7) is 13.7. The van der Waals surface area contributed by atoms with Crippen LogP contribution in [0.15, 0.2) is 60.4 Å². The van der Waals surface area contributed by atoms with Crippen molar-refractivity contribution in [3.8, 4) is 0 Å². The molecule has 0 spiro atoms. The molecule has 1 saturated carbocycles. The standard InChI is InChI=1S/C32H44O6Si2/c1-39(2,3)29-19-11-25(12-20-29)31(33)37-35-27-15-7-23(8-16-27)24-9-17-28(18-10-24)36-38-32(34)26-13-21-30(22-14-26)40(4,5)6/h11-15,19-24,28H,7-10,16-18H2,1-6H3. The largest absolute Gasteiger partial charge is 0.386 e. The van der Waals surface area contributed by atoms with Gasteiger partial charge in [0.15, 0.2) is 5.76 Å². The molecule has 2 aliphatic carbocycles. The van der Waals surface area contributed by atoms with Crippen LogP contribution in [0.1, 0.15) is 65.7 Å². The van der Waals surface area contributed by atoms with Crippen LogP contribution in [0.25, 0.3) is 0 Å². The second kappa shape index (κ2) is 12.9. The van der Waals surface area contributed by atoms with E-state index in [-0.39, 0.29) is 6.10 Å². The molecule has 1 atom stereocenters. The second-order valence-corrected chi connectivity index (χ2v) is 23.5. The van der Waals surface area contributed by atoms with Crippen LogP contribution in [0.5, 0.6) is 0 Å². The van der Waals surface area contributed by atoms with Crippen molar-refractivity contribution in [2.24, 2.45) is 11.8 Å². The zero-order valence-electron chi connectivity index (χ0n) is 24.8. The Balaban J connectivity index is 1.16. The highest BCUT2D eigenvalue weighted by Gasteiger charge is 2.31. The lowest BCUT2D eigenvalue weighted by molar-refractivity contribution is -0.281. The van der Waals surface area contributed by atoms with E-state index in [2.05, 4.69) is 45.4 Å². The highest BCUT2D eigenvalue weighted by Crippen LogP contribution is 2.38. The number of hydrogen-bond acceptors (Lipinski definition) is 6. The molecular weight excluding hydrogens is 537 g/mol. The van der Waals surface area contributed by atoms with Gasteiger partial charge in [0.2, 0.25) is 0 Å². The Morgan fingerprint density at radius 3 is 1.60 bits per heavy atom. The van der Waals surface area contributed by atoms with Crippen molar-refractivity contribution in [1.82, 2.24) is 0 Å². The number of benzene rings is 2. The molecule has 0 heterocycles. The maximum Gasteiger partial charge on any atom is 0.386 e. The molecule has 2 aliphatic rings. The molecule has 0 aromatic heterocycles. The summed E-state index contributed by atoms with van der Waals surface area (Å²) in [6.07, 6.45) is 8.54. The van der Waals surface area contributed by atoms with Crippen molar-refractivity contribution in [3.05, 3.63) is 71.5 Å². The quantitative estimate of drug-likeness (QED) is 0.183. The molecule has 1 fully saturated rings. The lowest BCUT2D eigenvalue weighted by Crippen LogP contribution is -2.37. The molecule has 6 nitrogen and oxygen atoms in total. The van der Waals surface area contributed by atoms with E-state index in [1.165, 1.54) is 10.4 Å². The van der Waals surface area contributed by atoms with E-state index < -0.39 is 28.1 Å². The fourth-order valence-corrected chi connectivity index (χ4v) is 7.84. The minimum Gasteiger partial charge on any atom is -0.293 e. The Kier molecular flexibility index (Phi) is 9.74. The van der Waals surface area contributed by atoms with Gasteiger partial charge in [0.05, 0.1) is 27.3 Å². The van der Waals surface area contributed by atoms with Gasteiger partial charge in [0, 0.05) is 6.42 Å². The lowest BCUT2D eigenvalue weighted by atomic mass is 9.74. The highest BCUT2D eigenvalue weighted by molar-refractivity contribution is 6.89. The molecular formula is C32H44O6Si2. The summed E-state index contributed by atoms with van der Waals surface area (Å²) in [5.74, 6) is 1.01. The van der Waals surface area contributed by atoms with Crippen LogP contribution in [0.2, 0.25) is 39.3 Å². The van der Waals surface area contributed by atoms with Crippen LogP contribution in [0.3, 0.4) is 0 Å². The molecule has 0 saturated heterocycles. The third kappa shape index (κ3) is 8.18. The SMILES string of the molecule is C[Si](C)(C)c1ccc(C(=O)OOC2=CCC(C3CCC(OOC(=O)c4ccc([Si](C)(C)C)cc4)CC3)CC2)cc1. The molecule has 0 amide bonds. The van der Waals surface area contributed by atoms with Crippen molar-refractivity contribution >= 4 is 38.5 Å². The Bertz CT molecular complexity index is 1180. The summed E-state index contributed by atoms with van der Waals surface area (Å²) >= 11 is 0. The number of allylic oxidation sites excluding steroid dienone is 2. The van der Waals surface area contributed by atoms with Gasteiger partial charge in [-0.2, -0.15) is 4.89 Å². The molecule has 4 rings (SSSR count). The zero-order chi connectivity index (χ0) is 28.9. The molecule has 1 unspecified atom stereocenters. The summed E-state index contributed by atoms with van der Waals surface area (Å²) in [5.41, 5.74) is 1.02. The minimum atomic E-state index is -1.41. The van der Waals surface area contributed by atoms with Crippen LogP contribution >= 0.6 is 0 Å². The van der Waals surface area contributed by atoms with Gasteiger partial charge in [0.1, 0.15) is 6.10 Å². The van der Waals surface area contributed by atoms with Gasteiger partial charge in [0.25, 0.3) is 0 Å². The first-order valence-electron chi connectivity index (χ1n) is 14.6. The van der Waals surface area contributed by atoms with Crippen molar-refractivity contribution < 1.29 is 29.1 Å². The molecule has 216 valence electrons. The summed E-state index contributed by atoms with van der Waals surface area (Å²) < 4.78 is 0. The van der Waals surface area contributed by atoms with Crippen LogP contribution in [-0.4, -0.2) is 34.2 Å². The van der Waals surface area contributed by atoms with Gasteiger partial charge >= 0.3 is 11.9 Å². The number of hydrogen-bond donors (Lipinski definition) is 0. The average Bonchev–Trinajstić information content (AvgIpc) is 2.94. The Hall–Kier alpha value is -2.69. The van der Waals surface area contributed by atoms with Crippen molar-refractivity contribution in [3.63, 3.8) is 0 Å².